The van der Waals surface area contributed by atoms with E-state index in [0.717, 1.165) is 12.8 Å². The van der Waals surface area contributed by atoms with Gasteiger partial charge in [0.25, 0.3) is 11.8 Å². The average molecular weight is 601 g/mol. The third kappa shape index (κ3) is 7.29. The molecule has 1 radical (unpaired) electrons. The van der Waals surface area contributed by atoms with Crippen LogP contribution in [0.15, 0.2) is 48.5 Å². The molecule has 2 heterocycles. The molecule has 0 saturated carbocycles. The van der Waals surface area contributed by atoms with Crippen molar-refractivity contribution in [2.45, 2.75) is 37.8 Å². The molecule has 2 N–H and O–H groups in total. The molecule has 2 atom stereocenters. The molecule has 0 spiro atoms. The van der Waals surface area contributed by atoms with Crippen LogP contribution in [-0.2, 0) is 29.1 Å². The second-order valence-electron chi connectivity index (χ2n) is 8.45. The number of benzene rings is 2. The molecule has 0 unspecified atom stereocenters. The molecule has 201 valence electrons. The molecule has 2 saturated heterocycles. The smallest absolute Gasteiger partial charge is 0.326 e. The monoisotopic (exact) mass is 601 g/mol. The van der Waals surface area contributed by atoms with Gasteiger partial charge in [0.05, 0.1) is 14.2 Å². The maximum atomic E-state index is 12.2. The van der Waals surface area contributed by atoms with Gasteiger partial charge in [0.1, 0.15) is 23.6 Å². The molecule has 4 rings (SSSR count). The van der Waals surface area contributed by atoms with Crippen molar-refractivity contribution in [2.75, 3.05) is 27.3 Å². The summed E-state index contributed by atoms with van der Waals surface area (Å²) in [7, 11) is 3.11. The van der Waals surface area contributed by atoms with Crippen molar-refractivity contribution in [1.82, 2.24) is 9.80 Å². The van der Waals surface area contributed by atoms with Gasteiger partial charge < -0.3 is 29.5 Å². The maximum absolute atomic E-state index is 12.2. The zero-order chi connectivity index (χ0) is 26.2. The number of carbonyl (C=O) groups excluding carboxylic acids is 2. The third-order valence-corrected chi connectivity index (χ3v) is 6.27. The Morgan fingerprint density at radius 3 is 1.27 bits per heavy atom. The van der Waals surface area contributed by atoms with E-state index < -0.39 is 24.0 Å². The predicted molar refractivity (Wildman–Crippen MR) is 129 cm³/mol. The van der Waals surface area contributed by atoms with Crippen molar-refractivity contribution < 1.29 is 58.3 Å². The number of rotatable bonds is 6. The van der Waals surface area contributed by atoms with Crippen LogP contribution in [0.25, 0.3) is 0 Å². The van der Waals surface area contributed by atoms with Gasteiger partial charge in [-0.15, -0.1) is 0 Å². The first-order valence-electron chi connectivity index (χ1n) is 11.6. The Kier molecular flexibility index (Phi) is 11.1. The van der Waals surface area contributed by atoms with E-state index in [-0.39, 0.29) is 31.3 Å². The number of methoxy groups -OCH3 is 2. The number of hydrogen-bond acceptors (Lipinski definition) is 6. The summed E-state index contributed by atoms with van der Waals surface area (Å²) < 4.78 is 10.0. The topological polar surface area (TPSA) is 134 Å². The van der Waals surface area contributed by atoms with Crippen LogP contribution in [0.2, 0.25) is 0 Å². The fraction of sp³-hybridized carbons (Fsp3) is 0.385. The van der Waals surface area contributed by atoms with Gasteiger partial charge in [-0.1, -0.05) is 0 Å². The van der Waals surface area contributed by atoms with Crippen LogP contribution in [0, 0.1) is 0 Å². The molecule has 10 nitrogen and oxygen atoms in total. The van der Waals surface area contributed by atoms with Crippen LogP contribution in [0.1, 0.15) is 46.4 Å². The normalized spacial score (nSPS) is 18.2. The summed E-state index contributed by atoms with van der Waals surface area (Å²) >= 11 is 0. The maximum Gasteiger partial charge on any atom is 0.326 e. The number of hydrogen-bond donors (Lipinski definition) is 2. The summed E-state index contributed by atoms with van der Waals surface area (Å²) in [6.45, 7) is 1.00. The Morgan fingerprint density at radius 2 is 1.00 bits per heavy atom. The zero-order valence-electron chi connectivity index (χ0n) is 20.6. The van der Waals surface area contributed by atoms with E-state index in [1.165, 1.54) is 9.80 Å². The summed E-state index contributed by atoms with van der Waals surface area (Å²) in [4.78, 5) is 49.3. The van der Waals surface area contributed by atoms with Crippen LogP contribution in [0.3, 0.4) is 0 Å². The van der Waals surface area contributed by atoms with E-state index in [1.807, 2.05) is 0 Å². The van der Waals surface area contributed by atoms with E-state index >= 15 is 0 Å². The van der Waals surface area contributed by atoms with Crippen molar-refractivity contribution in [3.8, 4) is 11.5 Å². The minimum atomic E-state index is -0.936. The van der Waals surface area contributed by atoms with E-state index in [4.69, 9.17) is 19.7 Å². The first kappa shape index (κ1) is 29.8. The number of likely N-dealkylation sites (tertiary alicyclic amines) is 2. The molecule has 2 aromatic rings. The molecule has 2 amide bonds. The number of nitrogens with zero attached hydrogens (tertiary/aromatic N) is 2. The SMILES string of the molecule is COc1ccc(C(=O)N2CCC[C@H]2C(=O)O)cc1.COc1ccc(C(=O)N2CCC[C@H]2C(=O)O)cc1.[Rh]. The number of carboxylic acid groups (broad SMARTS) is 2. The van der Waals surface area contributed by atoms with Crippen LogP contribution in [0.5, 0.6) is 11.5 Å². The number of amides is 2. The summed E-state index contributed by atoms with van der Waals surface area (Å²) in [5, 5.41) is 18.1. The Labute approximate surface area is 227 Å². The van der Waals surface area contributed by atoms with Crippen LogP contribution in [-0.4, -0.2) is 83.2 Å². The Morgan fingerprint density at radius 1 is 0.676 bits per heavy atom. The van der Waals surface area contributed by atoms with Crippen molar-refractivity contribution in [1.29, 1.82) is 0 Å². The van der Waals surface area contributed by atoms with Gasteiger partial charge in [-0.05, 0) is 74.2 Å². The van der Waals surface area contributed by atoms with Gasteiger partial charge in [-0.2, -0.15) is 0 Å². The largest absolute Gasteiger partial charge is 0.497 e. The standard InChI is InChI=1S/2C13H15NO4.Rh/c2*1-18-10-6-4-9(5-7-10)12(15)14-8-2-3-11(14)13(16)17;/h2*4-7,11H,2-3,8H2,1H3,(H,16,17);/t2*11-;/m00./s1. The summed E-state index contributed by atoms with van der Waals surface area (Å²) in [6, 6.07) is 12.0. The van der Waals surface area contributed by atoms with Crippen molar-refractivity contribution >= 4 is 23.8 Å². The first-order chi connectivity index (χ1) is 17.3. The summed E-state index contributed by atoms with van der Waals surface area (Å²) in [5.74, 6) is -1.00. The van der Waals surface area contributed by atoms with E-state index in [2.05, 4.69) is 0 Å². The first-order valence-corrected chi connectivity index (χ1v) is 11.6. The van der Waals surface area contributed by atoms with Gasteiger partial charge >= 0.3 is 11.9 Å². The third-order valence-electron chi connectivity index (χ3n) is 6.27. The molecule has 11 heteroatoms. The summed E-state index contributed by atoms with van der Waals surface area (Å²) in [5.41, 5.74) is 0.980. The van der Waals surface area contributed by atoms with Gasteiger partial charge in [-0.25, -0.2) is 9.59 Å². The van der Waals surface area contributed by atoms with Gasteiger partial charge in [-0.3, -0.25) is 9.59 Å². The van der Waals surface area contributed by atoms with Crippen LogP contribution in [0.4, 0.5) is 0 Å². The quantitative estimate of drug-likeness (QED) is 0.483. The van der Waals surface area contributed by atoms with Gasteiger partial charge in [0.15, 0.2) is 0 Å². The van der Waals surface area contributed by atoms with Gasteiger partial charge in [0.2, 0.25) is 0 Å². The predicted octanol–water partition coefficient (Wildman–Crippen LogP) is 2.77. The number of carboxylic acids is 2. The molecule has 0 bridgehead atoms. The van der Waals surface area contributed by atoms with Crippen molar-refractivity contribution in [3.05, 3.63) is 59.7 Å². The second kappa shape index (κ2) is 13.7. The minimum Gasteiger partial charge on any atom is -0.497 e. The molecule has 2 aromatic carbocycles. The molecular formula is C26H30N2O8Rh. The molecule has 37 heavy (non-hydrogen) atoms. The molecular weight excluding hydrogens is 571 g/mol. The number of carbonyl (C=O) groups is 4. The van der Waals surface area contributed by atoms with Crippen LogP contribution >= 0.6 is 0 Å². The van der Waals surface area contributed by atoms with Gasteiger partial charge in [0, 0.05) is 43.7 Å². The van der Waals surface area contributed by atoms with E-state index in [1.54, 1.807) is 62.8 Å². The Hall–Kier alpha value is -3.46. The molecule has 0 aromatic heterocycles. The molecule has 0 aliphatic carbocycles. The number of aliphatic carboxylic acids is 2. The molecule has 2 aliphatic rings. The average Bonchev–Trinajstić information content (AvgIpc) is 3.59. The second-order valence-corrected chi connectivity index (χ2v) is 8.45. The summed E-state index contributed by atoms with van der Waals surface area (Å²) in [6.07, 6.45) is 2.52. The fourth-order valence-corrected chi connectivity index (χ4v) is 4.33. The Bertz CT molecular complexity index is 1000. The van der Waals surface area contributed by atoms with Crippen LogP contribution < -0.4 is 9.47 Å². The molecule has 2 fully saturated rings. The van der Waals surface area contributed by atoms with Crippen molar-refractivity contribution in [3.63, 3.8) is 0 Å². The van der Waals surface area contributed by atoms with Crippen molar-refractivity contribution in [2.24, 2.45) is 0 Å². The minimum absolute atomic E-state index is 0. The fourth-order valence-electron chi connectivity index (χ4n) is 4.33. The number of ether oxygens (including phenoxy) is 2. The van der Waals surface area contributed by atoms with E-state index in [0.29, 0.717) is 48.6 Å². The zero-order valence-corrected chi connectivity index (χ0v) is 22.2. The van der Waals surface area contributed by atoms with E-state index in [9.17, 15) is 19.2 Å². The Balaban J connectivity index is 0.000000253. The molecule has 2 aliphatic heterocycles.